The van der Waals surface area contributed by atoms with Gasteiger partial charge in [0, 0.05) is 24.5 Å². The zero-order valence-electron chi connectivity index (χ0n) is 21.4. The number of carbonyl (C=O) groups is 1. The van der Waals surface area contributed by atoms with Crippen molar-refractivity contribution in [3.05, 3.63) is 54.0 Å². The first-order valence-electron chi connectivity index (χ1n) is 12.5. The summed E-state index contributed by atoms with van der Waals surface area (Å²) in [6.07, 6.45) is 2.52. The molecule has 12 heteroatoms. The van der Waals surface area contributed by atoms with Crippen LogP contribution in [0.4, 0.5) is 29.6 Å². The van der Waals surface area contributed by atoms with E-state index in [1.165, 1.54) is 17.2 Å². The number of hydrogen-bond donors (Lipinski definition) is 2. The number of benzene rings is 1. The summed E-state index contributed by atoms with van der Waals surface area (Å²) in [5.74, 6) is 0.256. The van der Waals surface area contributed by atoms with E-state index in [9.17, 15) is 18.0 Å². The first-order valence-corrected chi connectivity index (χ1v) is 12.5. The Hall–Kier alpha value is -3.67. The van der Waals surface area contributed by atoms with Crippen LogP contribution in [0.3, 0.4) is 0 Å². The zero-order chi connectivity index (χ0) is 27.1. The lowest BCUT2D eigenvalue weighted by Crippen LogP contribution is -2.59. The largest absolute Gasteiger partial charge is 0.416 e. The number of halogens is 3. The van der Waals surface area contributed by atoms with E-state index in [4.69, 9.17) is 4.74 Å². The van der Waals surface area contributed by atoms with Crippen molar-refractivity contribution in [2.75, 3.05) is 18.4 Å². The molecule has 2 amide bonds. The number of hydrogen-bond acceptors (Lipinski definition) is 6. The fraction of sp³-hybridized carbons (Fsp3) is 0.462. The summed E-state index contributed by atoms with van der Waals surface area (Å²) in [6, 6.07) is 5.53. The van der Waals surface area contributed by atoms with Crippen molar-refractivity contribution in [2.24, 2.45) is 0 Å². The highest BCUT2D eigenvalue weighted by Crippen LogP contribution is 2.36. The van der Waals surface area contributed by atoms with Gasteiger partial charge in [0.1, 0.15) is 0 Å². The van der Waals surface area contributed by atoms with Crippen LogP contribution in [0.5, 0.6) is 0 Å². The predicted molar refractivity (Wildman–Crippen MR) is 135 cm³/mol. The Morgan fingerprint density at radius 3 is 2.61 bits per heavy atom. The van der Waals surface area contributed by atoms with Gasteiger partial charge in [-0.1, -0.05) is 12.1 Å². The van der Waals surface area contributed by atoms with Crippen LogP contribution in [0.15, 0.2) is 42.9 Å². The van der Waals surface area contributed by atoms with Crippen LogP contribution in [0.1, 0.15) is 50.8 Å². The fourth-order valence-electron chi connectivity index (χ4n) is 4.27. The summed E-state index contributed by atoms with van der Waals surface area (Å²) in [7, 11) is 0. The number of urea groups is 1. The second-order valence-electron chi connectivity index (χ2n) is 10.6. The van der Waals surface area contributed by atoms with Crippen LogP contribution < -0.4 is 10.6 Å². The molecular formula is C26H30F3N7O2. The SMILES string of the molecule is CC(C)(C)OC1CN(C(=O)NCc2ccc(-c3ccnc(Nc4cnn(C5CC5)c4)n3)cc2C(F)(F)F)C1. The van der Waals surface area contributed by atoms with Gasteiger partial charge in [0.2, 0.25) is 5.95 Å². The second kappa shape index (κ2) is 9.90. The van der Waals surface area contributed by atoms with Crippen LogP contribution in [0.2, 0.25) is 0 Å². The third-order valence-corrected chi connectivity index (χ3v) is 6.23. The van der Waals surface area contributed by atoms with Gasteiger partial charge in [-0.05, 0) is 51.3 Å². The van der Waals surface area contributed by atoms with Gasteiger partial charge in [-0.15, -0.1) is 0 Å². The van der Waals surface area contributed by atoms with Gasteiger partial charge >= 0.3 is 12.2 Å². The molecule has 1 aliphatic carbocycles. The van der Waals surface area contributed by atoms with Crippen LogP contribution in [-0.2, 0) is 17.5 Å². The molecule has 3 heterocycles. The third kappa shape index (κ3) is 6.24. The van der Waals surface area contributed by atoms with Gasteiger partial charge < -0.3 is 20.3 Å². The lowest BCUT2D eigenvalue weighted by molar-refractivity contribution is -0.138. The van der Waals surface area contributed by atoms with Crippen molar-refractivity contribution in [1.29, 1.82) is 0 Å². The van der Waals surface area contributed by atoms with Crippen molar-refractivity contribution in [3.8, 4) is 11.3 Å². The molecule has 2 N–H and O–H groups in total. The average molecular weight is 530 g/mol. The van der Waals surface area contributed by atoms with Gasteiger partial charge in [0.15, 0.2) is 0 Å². The van der Waals surface area contributed by atoms with Crippen LogP contribution in [0, 0.1) is 0 Å². The van der Waals surface area contributed by atoms with Crippen LogP contribution in [0.25, 0.3) is 11.3 Å². The van der Waals surface area contributed by atoms with Crippen molar-refractivity contribution in [2.45, 2.75) is 64.1 Å². The van der Waals surface area contributed by atoms with E-state index in [0.717, 1.165) is 18.9 Å². The first kappa shape index (κ1) is 26.0. The quantitative estimate of drug-likeness (QED) is 0.440. The monoisotopic (exact) mass is 529 g/mol. The van der Waals surface area contributed by atoms with Crippen LogP contribution >= 0.6 is 0 Å². The molecule has 202 valence electrons. The molecule has 1 aromatic carbocycles. The first-order chi connectivity index (χ1) is 17.9. The molecule has 2 aliphatic rings. The highest BCUT2D eigenvalue weighted by molar-refractivity contribution is 5.75. The van der Waals surface area contributed by atoms with Gasteiger partial charge in [-0.25, -0.2) is 14.8 Å². The summed E-state index contributed by atoms with van der Waals surface area (Å²) in [4.78, 5) is 22.5. The summed E-state index contributed by atoms with van der Waals surface area (Å²) < 4.78 is 49.6. The summed E-state index contributed by atoms with van der Waals surface area (Å²) in [6.45, 7) is 6.35. The number of likely N-dealkylation sites (tertiary alicyclic amines) is 1. The van der Waals surface area contributed by atoms with E-state index >= 15 is 0 Å². The molecule has 1 saturated heterocycles. The number of nitrogens with zero attached hydrogens (tertiary/aromatic N) is 5. The molecule has 0 atom stereocenters. The molecule has 0 radical (unpaired) electrons. The minimum Gasteiger partial charge on any atom is -0.369 e. The Labute approximate surface area is 218 Å². The lowest BCUT2D eigenvalue weighted by atomic mass is 10.0. The van der Waals surface area contributed by atoms with Crippen molar-refractivity contribution in [1.82, 2.24) is 30.0 Å². The fourth-order valence-corrected chi connectivity index (χ4v) is 4.27. The number of anilines is 2. The van der Waals surface area contributed by atoms with Gasteiger partial charge in [0.05, 0.1) is 54.0 Å². The topological polar surface area (TPSA) is 97.2 Å². The Bertz CT molecular complexity index is 1310. The van der Waals surface area contributed by atoms with E-state index < -0.39 is 17.8 Å². The molecule has 3 aromatic rings. The molecule has 2 aromatic heterocycles. The third-order valence-electron chi connectivity index (χ3n) is 6.23. The second-order valence-corrected chi connectivity index (χ2v) is 10.6. The van der Waals surface area contributed by atoms with Gasteiger partial charge in [-0.2, -0.15) is 18.3 Å². The molecule has 0 spiro atoms. The number of alkyl halides is 3. The Balaban J connectivity index is 1.26. The van der Waals surface area contributed by atoms with Crippen molar-refractivity contribution in [3.63, 3.8) is 0 Å². The number of ether oxygens (including phenoxy) is 1. The van der Waals surface area contributed by atoms with Gasteiger partial charge in [0.25, 0.3) is 0 Å². The minimum atomic E-state index is -4.61. The maximum atomic E-state index is 14.0. The average Bonchev–Trinajstić information content (AvgIpc) is 3.57. The Kier molecular flexibility index (Phi) is 6.76. The van der Waals surface area contributed by atoms with E-state index in [0.29, 0.717) is 30.5 Å². The molecule has 0 bridgehead atoms. The van der Waals surface area contributed by atoms with Gasteiger partial charge in [-0.3, -0.25) is 4.68 Å². The minimum absolute atomic E-state index is 0.0301. The van der Waals surface area contributed by atoms with E-state index in [2.05, 4.69) is 25.7 Å². The van der Waals surface area contributed by atoms with Crippen molar-refractivity contribution >= 4 is 17.7 Å². The highest BCUT2D eigenvalue weighted by Gasteiger charge is 2.36. The van der Waals surface area contributed by atoms with E-state index in [1.807, 2.05) is 31.6 Å². The number of rotatable bonds is 7. The van der Waals surface area contributed by atoms with Crippen LogP contribution in [-0.4, -0.2) is 55.5 Å². The molecule has 38 heavy (non-hydrogen) atoms. The summed E-state index contributed by atoms with van der Waals surface area (Å²) in [5.41, 5.74) is 0.148. The van der Waals surface area contributed by atoms with E-state index in [-0.39, 0.29) is 35.3 Å². The summed E-state index contributed by atoms with van der Waals surface area (Å²) >= 11 is 0. The molecule has 5 rings (SSSR count). The number of amides is 2. The van der Waals surface area contributed by atoms with Crippen molar-refractivity contribution < 1.29 is 22.7 Å². The molecule has 0 unspecified atom stereocenters. The molecule has 2 fully saturated rings. The molecule has 1 aliphatic heterocycles. The maximum Gasteiger partial charge on any atom is 0.416 e. The number of nitrogens with one attached hydrogen (secondary N) is 2. The molecule has 1 saturated carbocycles. The smallest absolute Gasteiger partial charge is 0.369 e. The lowest BCUT2D eigenvalue weighted by Gasteiger charge is -2.41. The maximum absolute atomic E-state index is 14.0. The molecular weight excluding hydrogens is 499 g/mol. The van der Waals surface area contributed by atoms with E-state index in [1.54, 1.807) is 18.3 Å². The Morgan fingerprint density at radius 1 is 1.16 bits per heavy atom. The molecule has 9 nitrogen and oxygen atoms in total. The highest BCUT2D eigenvalue weighted by atomic mass is 19.4. The number of aromatic nitrogens is 4. The Morgan fingerprint density at radius 2 is 1.92 bits per heavy atom. The zero-order valence-corrected chi connectivity index (χ0v) is 21.4. The number of carbonyl (C=O) groups excluding carboxylic acids is 1. The summed E-state index contributed by atoms with van der Waals surface area (Å²) in [5, 5.41) is 9.95. The normalized spacial score (nSPS) is 16.3. The standard InChI is InChI=1S/C26H30F3N7O2/c1-25(2,3)38-20-14-35(15-20)24(37)31-11-17-5-4-16(10-21(17)26(27,28)29)22-8-9-30-23(34-22)33-18-12-32-36(13-18)19-6-7-19/h4-5,8-10,12-13,19-20H,6-7,11,14-15H2,1-3H3,(H,31,37)(H,30,33,34). The predicted octanol–water partition coefficient (Wildman–Crippen LogP) is 5.15.